The maximum Gasteiger partial charge on any atom is 0.264 e. The molecule has 1 amide bonds. The van der Waals surface area contributed by atoms with Crippen molar-refractivity contribution in [2.75, 3.05) is 25.1 Å². The second-order valence-corrected chi connectivity index (χ2v) is 10.9. The fourth-order valence-electron chi connectivity index (χ4n) is 3.86. The van der Waals surface area contributed by atoms with Crippen LogP contribution < -0.4 is 23.9 Å². The van der Waals surface area contributed by atoms with Crippen LogP contribution in [0.3, 0.4) is 0 Å². The van der Waals surface area contributed by atoms with Crippen LogP contribution in [0.1, 0.15) is 16.7 Å². The molecule has 9 nitrogen and oxygen atoms in total. The van der Waals surface area contributed by atoms with E-state index in [0.29, 0.717) is 18.1 Å². The number of sulfonamides is 1. The third-order valence-corrected chi connectivity index (χ3v) is 7.86. The molecule has 4 aromatic carbocycles. The Hall–Kier alpha value is -4.83. The van der Waals surface area contributed by atoms with Crippen molar-refractivity contribution in [2.45, 2.75) is 18.4 Å². The number of hydrazone groups is 1. The average molecular weight is 574 g/mol. The molecule has 0 spiro atoms. The third kappa shape index (κ3) is 7.64. The highest BCUT2D eigenvalue weighted by molar-refractivity contribution is 7.92. The molecule has 0 aliphatic rings. The quantitative estimate of drug-likeness (QED) is 0.190. The summed E-state index contributed by atoms with van der Waals surface area (Å²) in [6.07, 6.45) is 1.46. The van der Waals surface area contributed by atoms with Crippen molar-refractivity contribution in [2.24, 2.45) is 5.10 Å². The van der Waals surface area contributed by atoms with Crippen LogP contribution in [0, 0.1) is 6.92 Å². The molecule has 4 rings (SSSR count). The van der Waals surface area contributed by atoms with Crippen LogP contribution in [0.4, 0.5) is 5.69 Å². The number of ether oxygens (including phenoxy) is 3. The van der Waals surface area contributed by atoms with Gasteiger partial charge in [0.2, 0.25) is 0 Å². The summed E-state index contributed by atoms with van der Waals surface area (Å²) >= 11 is 0. The number of nitrogens with zero attached hydrogens (tertiary/aromatic N) is 2. The maximum atomic E-state index is 13.6. The monoisotopic (exact) mass is 573 g/mol. The number of hydrogen-bond acceptors (Lipinski definition) is 7. The molecule has 0 bridgehead atoms. The number of methoxy groups -OCH3 is 2. The van der Waals surface area contributed by atoms with Gasteiger partial charge in [0, 0.05) is 6.07 Å². The Kier molecular flexibility index (Phi) is 9.60. The summed E-state index contributed by atoms with van der Waals surface area (Å²) in [5.41, 5.74) is 5.57. The molecule has 4 aromatic rings. The SMILES string of the molecule is COc1ccc(N(CC(=O)N/N=C\c2ccc(OCc3ccc(C)cc3)cc2)S(=O)(=O)c2ccccc2)c(OC)c1. The van der Waals surface area contributed by atoms with Gasteiger partial charge in [0.15, 0.2) is 0 Å². The van der Waals surface area contributed by atoms with Crippen LogP contribution in [0.2, 0.25) is 0 Å². The van der Waals surface area contributed by atoms with Gasteiger partial charge in [-0.05, 0) is 66.6 Å². The van der Waals surface area contributed by atoms with Gasteiger partial charge in [0.05, 0.1) is 31.0 Å². The summed E-state index contributed by atoms with van der Waals surface area (Å²) in [7, 11) is -1.22. The van der Waals surface area contributed by atoms with Crippen molar-refractivity contribution < 1.29 is 27.4 Å². The highest BCUT2D eigenvalue weighted by Gasteiger charge is 2.29. The highest BCUT2D eigenvalue weighted by atomic mass is 32.2. The van der Waals surface area contributed by atoms with E-state index in [1.807, 2.05) is 43.3 Å². The molecule has 10 heteroatoms. The zero-order chi connectivity index (χ0) is 29.2. The number of nitrogens with one attached hydrogen (secondary N) is 1. The normalized spacial score (nSPS) is 11.2. The highest BCUT2D eigenvalue weighted by Crippen LogP contribution is 2.35. The average Bonchev–Trinajstić information content (AvgIpc) is 3.00. The fourth-order valence-corrected chi connectivity index (χ4v) is 5.31. The molecule has 0 radical (unpaired) electrons. The van der Waals surface area contributed by atoms with E-state index >= 15 is 0 Å². The van der Waals surface area contributed by atoms with Crippen LogP contribution >= 0.6 is 0 Å². The zero-order valence-corrected chi connectivity index (χ0v) is 23.8. The van der Waals surface area contributed by atoms with Crippen LogP contribution in [-0.2, 0) is 21.4 Å². The van der Waals surface area contributed by atoms with Gasteiger partial charge in [-0.15, -0.1) is 0 Å². The Morgan fingerprint density at radius 1 is 0.878 bits per heavy atom. The van der Waals surface area contributed by atoms with Crippen LogP contribution in [0.15, 0.2) is 107 Å². The van der Waals surface area contributed by atoms with Gasteiger partial charge in [-0.3, -0.25) is 9.10 Å². The number of rotatable bonds is 12. The van der Waals surface area contributed by atoms with Gasteiger partial charge >= 0.3 is 0 Å². The van der Waals surface area contributed by atoms with E-state index in [0.717, 1.165) is 15.4 Å². The third-order valence-electron chi connectivity index (χ3n) is 6.08. The predicted octanol–water partition coefficient (Wildman–Crippen LogP) is 4.94. The summed E-state index contributed by atoms with van der Waals surface area (Å²) in [6.45, 7) is 1.95. The molecule has 0 unspecified atom stereocenters. The second kappa shape index (κ2) is 13.5. The molecule has 0 aliphatic carbocycles. The van der Waals surface area contributed by atoms with E-state index in [1.54, 1.807) is 42.5 Å². The first kappa shape index (κ1) is 29.2. The van der Waals surface area contributed by atoms with Crippen molar-refractivity contribution in [3.63, 3.8) is 0 Å². The van der Waals surface area contributed by atoms with E-state index in [9.17, 15) is 13.2 Å². The fraction of sp³-hybridized carbons (Fsp3) is 0.161. The zero-order valence-electron chi connectivity index (χ0n) is 23.0. The number of benzene rings is 4. The van der Waals surface area contributed by atoms with Gasteiger partial charge in [-0.2, -0.15) is 5.10 Å². The number of aryl methyl sites for hydroxylation is 1. The summed E-state index contributed by atoms with van der Waals surface area (Å²) in [5, 5.41) is 4.01. The molecule has 0 saturated heterocycles. The number of carbonyl (C=O) groups excluding carboxylic acids is 1. The van der Waals surface area contributed by atoms with E-state index < -0.39 is 22.5 Å². The first-order chi connectivity index (χ1) is 19.8. The number of anilines is 1. The topological polar surface area (TPSA) is 107 Å². The summed E-state index contributed by atoms with van der Waals surface area (Å²) in [4.78, 5) is 12.9. The largest absolute Gasteiger partial charge is 0.497 e. The Labute approximate surface area is 240 Å². The molecule has 41 heavy (non-hydrogen) atoms. The lowest BCUT2D eigenvalue weighted by molar-refractivity contribution is -0.119. The molecule has 212 valence electrons. The second-order valence-electron chi connectivity index (χ2n) is 9.00. The summed E-state index contributed by atoms with van der Waals surface area (Å²) < 4.78 is 44.6. The Morgan fingerprint density at radius 3 is 2.22 bits per heavy atom. The predicted molar refractivity (Wildman–Crippen MR) is 158 cm³/mol. The Morgan fingerprint density at radius 2 is 1.56 bits per heavy atom. The molecule has 0 saturated carbocycles. The van der Waals surface area contributed by atoms with E-state index in [-0.39, 0.29) is 16.3 Å². The molecular weight excluding hydrogens is 542 g/mol. The Balaban J connectivity index is 1.45. The molecule has 0 aromatic heterocycles. The lowest BCUT2D eigenvalue weighted by atomic mass is 10.2. The van der Waals surface area contributed by atoms with Gasteiger partial charge in [0.1, 0.15) is 30.4 Å². The number of carbonyl (C=O) groups is 1. The van der Waals surface area contributed by atoms with Crippen LogP contribution in [-0.4, -0.2) is 41.3 Å². The van der Waals surface area contributed by atoms with Crippen molar-refractivity contribution in [1.82, 2.24) is 5.43 Å². The number of amides is 1. The van der Waals surface area contributed by atoms with Crippen LogP contribution in [0.25, 0.3) is 0 Å². The maximum absolute atomic E-state index is 13.6. The van der Waals surface area contributed by atoms with Gasteiger partial charge in [-0.25, -0.2) is 13.8 Å². The van der Waals surface area contributed by atoms with Crippen molar-refractivity contribution in [3.8, 4) is 17.2 Å². The molecule has 0 fully saturated rings. The molecule has 0 aliphatic heterocycles. The van der Waals surface area contributed by atoms with E-state index in [2.05, 4.69) is 10.5 Å². The Bertz CT molecular complexity index is 1590. The lowest BCUT2D eigenvalue weighted by Crippen LogP contribution is -2.39. The summed E-state index contributed by atoms with van der Waals surface area (Å²) in [6, 6.07) is 27.9. The molecular formula is C31H31N3O6S. The first-order valence-electron chi connectivity index (χ1n) is 12.7. The minimum atomic E-state index is -4.13. The lowest BCUT2D eigenvalue weighted by Gasteiger charge is -2.25. The van der Waals surface area contributed by atoms with Gasteiger partial charge < -0.3 is 14.2 Å². The minimum Gasteiger partial charge on any atom is -0.497 e. The van der Waals surface area contributed by atoms with Gasteiger partial charge in [0.25, 0.3) is 15.9 Å². The molecule has 0 atom stereocenters. The van der Waals surface area contributed by atoms with Crippen molar-refractivity contribution in [3.05, 3.63) is 114 Å². The minimum absolute atomic E-state index is 0.0267. The van der Waals surface area contributed by atoms with Crippen molar-refractivity contribution >= 4 is 27.8 Å². The van der Waals surface area contributed by atoms with E-state index in [4.69, 9.17) is 14.2 Å². The smallest absolute Gasteiger partial charge is 0.264 e. The van der Waals surface area contributed by atoms with E-state index in [1.165, 1.54) is 44.2 Å². The molecule has 0 heterocycles. The first-order valence-corrected chi connectivity index (χ1v) is 14.1. The number of hydrogen-bond donors (Lipinski definition) is 1. The summed E-state index contributed by atoms with van der Waals surface area (Å²) in [5.74, 6) is 0.756. The van der Waals surface area contributed by atoms with Gasteiger partial charge in [-0.1, -0.05) is 48.0 Å². The standard InChI is InChI=1S/C31H31N3O6S/c1-23-9-11-25(12-10-23)22-40-26-15-13-24(14-16-26)20-32-33-31(35)21-34(41(36,37)28-7-5-4-6-8-28)29-18-17-27(38-2)19-30(29)39-3/h4-20H,21-22H2,1-3H3,(H,33,35)/b32-20-. The molecule has 1 N–H and O–H groups in total. The van der Waals surface area contributed by atoms with Crippen LogP contribution in [0.5, 0.6) is 17.2 Å². The van der Waals surface area contributed by atoms with Crippen molar-refractivity contribution in [1.29, 1.82) is 0 Å².